The highest BCUT2D eigenvalue weighted by Crippen LogP contribution is 2.38. The maximum atomic E-state index is 14.2. The molecule has 0 aliphatic carbocycles. The standard InChI is InChI=1S/C37H54N6O5/c1-8-25(4)31(39-33(45)30(24(2)3)41-37(5,6)7)34(46)40-32(44)29-20-15-21-43(29)35(47)28(22-26-16-11-9-12-17-26)38-36(48)42(43)23-27-18-13-10-14-19-27/h9-14,16-19,24-25,28-31,35,41,47H,8,15,20-23H2,1-7H3,(H2-,38,39,40,44,45,46,48)/p+1/t25-,28-,29-,30-,31-,35?,43?/m0/s1. The smallest absolute Gasteiger partial charge is 0.343 e. The maximum Gasteiger partial charge on any atom is 0.362 e. The Balaban J connectivity index is 1.63. The van der Waals surface area contributed by atoms with Crippen LogP contribution < -0.4 is 21.3 Å². The lowest BCUT2D eigenvalue weighted by molar-refractivity contribution is -1.07. The third kappa shape index (κ3) is 8.43. The average Bonchev–Trinajstić information content (AvgIpc) is 3.49. The number of aliphatic hydroxyl groups excluding tert-OH is 1. The summed E-state index contributed by atoms with van der Waals surface area (Å²) < 4.78 is -0.303. The molecule has 4 rings (SSSR count). The summed E-state index contributed by atoms with van der Waals surface area (Å²) in [4.78, 5) is 55.6. The van der Waals surface area contributed by atoms with E-state index in [9.17, 15) is 24.3 Å². The van der Waals surface area contributed by atoms with Crippen LogP contribution in [0.25, 0.3) is 0 Å². The molecule has 0 bridgehead atoms. The van der Waals surface area contributed by atoms with Gasteiger partial charge in [-0.25, -0.2) is 4.79 Å². The number of hydrogen-bond donors (Lipinski definition) is 5. The van der Waals surface area contributed by atoms with E-state index in [2.05, 4.69) is 21.3 Å². The lowest BCUT2D eigenvalue weighted by Crippen LogP contribution is -2.80. The summed E-state index contributed by atoms with van der Waals surface area (Å²) in [7, 11) is 0. The highest BCUT2D eigenvalue weighted by molar-refractivity contribution is 6.01. The Morgan fingerprint density at radius 3 is 2.12 bits per heavy atom. The molecule has 5 amide bonds. The van der Waals surface area contributed by atoms with Crippen molar-refractivity contribution in [1.29, 1.82) is 0 Å². The molecule has 2 saturated heterocycles. The fourth-order valence-electron chi connectivity index (χ4n) is 7.00. The third-order valence-corrected chi connectivity index (χ3v) is 9.70. The zero-order valence-corrected chi connectivity index (χ0v) is 29.5. The fourth-order valence-corrected chi connectivity index (χ4v) is 7.00. The molecular weight excluding hydrogens is 608 g/mol. The van der Waals surface area contributed by atoms with Crippen molar-refractivity contribution in [3.8, 4) is 0 Å². The van der Waals surface area contributed by atoms with Gasteiger partial charge < -0.3 is 21.1 Å². The molecule has 0 aromatic heterocycles. The number of carbonyl (C=O) groups is 4. The summed E-state index contributed by atoms with van der Waals surface area (Å²) in [5.41, 5.74) is 1.46. The molecule has 2 unspecified atom stereocenters. The topological polar surface area (TPSA) is 140 Å². The minimum absolute atomic E-state index is 0.0412. The predicted octanol–water partition coefficient (Wildman–Crippen LogP) is 3.62. The second-order valence-electron chi connectivity index (χ2n) is 14.8. The number of imide groups is 1. The van der Waals surface area contributed by atoms with Gasteiger partial charge in [0.1, 0.15) is 18.6 Å². The summed E-state index contributed by atoms with van der Waals surface area (Å²) in [6.07, 6.45) is 0.764. The van der Waals surface area contributed by atoms with E-state index in [-0.39, 0.29) is 40.4 Å². The Morgan fingerprint density at radius 1 is 0.958 bits per heavy atom. The van der Waals surface area contributed by atoms with Gasteiger partial charge in [-0.1, -0.05) is 94.8 Å². The summed E-state index contributed by atoms with van der Waals surface area (Å²) in [5, 5.41) is 25.6. The maximum absolute atomic E-state index is 14.2. The number of rotatable bonds is 12. The van der Waals surface area contributed by atoms with Crippen LogP contribution >= 0.6 is 0 Å². The molecule has 0 radical (unpaired) electrons. The van der Waals surface area contributed by atoms with E-state index >= 15 is 0 Å². The highest BCUT2D eigenvalue weighted by atomic mass is 16.3. The second kappa shape index (κ2) is 15.6. The first-order chi connectivity index (χ1) is 22.7. The molecule has 48 heavy (non-hydrogen) atoms. The van der Waals surface area contributed by atoms with Crippen molar-refractivity contribution in [3.05, 3.63) is 71.8 Å². The van der Waals surface area contributed by atoms with Crippen molar-refractivity contribution in [2.24, 2.45) is 11.8 Å². The number of carbonyl (C=O) groups excluding carboxylic acids is 4. The number of aliphatic hydroxyl groups is 1. The molecule has 0 saturated carbocycles. The molecule has 2 aliphatic rings. The van der Waals surface area contributed by atoms with Gasteiger partial charge in [0.15, 0.2) is 6.04 Å². The van der Waals surface area contributed by atoms with Crippen LogP contribution in [0.1, 0.15) is 78.9 Å². The molecule has 7 atom stereocenters. The molecule has 2 aromatic rings. The van der Waals surface area contributed by atoms with Gasteiger partial charge in [0.2, 0.25) is 18.0 Å². The van der Waals surface area contributed by atoms with Crippen LogP contribution in [0.2, 0.25) is 0 Å². The van der Waals surface area contributed by atoms with E-state index in [0.29, 0.717) is 32.2 Å². The zero-order chi connectivity index (χ0) is 35.2. The number of amides is 5. The van der Waals surface area contributed by atoms with Gasteiger partial charge in [-0.15, -0.1) is 0 Å². The van der Waals surface area contributed by atoms with Gasteiger partial charge in [0.25, 0.3) is 5.91 Å². The summed E-state index contributed by atoms with van der Waals surface area (Å²) in [6.45, 7) is 14.1. The van der Waals surface area contributed by atoms with Gasteiger partial charge in [-0.3, -0.25) is 19.7 Å². The zero-order valence-electron chi connectivity index (χ0n) is 29.5. The number of urea groups is 1. The molecule has 2 fully saturated rings. The Kier molecular flexibility index (Phi) is 12.0. The summed E-state index contributed by atoms with van der Waals surface area (Å²) in [5.74, 6) is -1.78. The third-order valence-electron chi connectivity index (χ3n) is 9.70. The Morgan fingerprint density at radius 2 is 1.56 bits per heavy atom. The fraction of sp³-hybridized carbons (Fsp3) is 0.568. The molecule has 11 nitrogen and oxygen atoms in total. The van der Waals surface area contributed by atoms with E-state index in [1.807, 2.05) is 109 Å². The van der Waals surface area contributed by atoms with Crippen LogP contribution in [0.15, 0.2) is 60.7 Å². The van der Waals surface area contributed by atoms with Crippen molar-refractivity contribution in [2.45, 2.75) is 117 Å². The van der Waals surface area contributed by atoms with E-state index in [4.69, 9.17) is 0 Å². The van der Waals surface area contributed by atoms with Crippen molar-refractivity contribution in [2.75, 3.05) is 6.54 Å². The molecule has 2 aromatic carbocycles. The quantitative estimate of drug-likeness (QED) is 0.220. The van der Waals surface area contributed by atoms with E-state index in [1.165, 1.54) is 0 Å². The molecule has 2 heterocycles. The van der Waals surface area contributed by atoms with E-state index < -0.39 is 42.2 Å². The van der Waals surface area contributed by atoms with Gasteiger partial charge in [0, 0.05) is 24.8 Å². The summed E-state index contributed by atoms with van der Waals surface area (Å²) in [6, 6.07) is 15.6. The van der Waals surface area contributed by atoms with Crippen LogP contribution in [0.5, 0.6) is 0 Å². The monoisotopic (exact) mass is 663 g/mol. The minimum atomic E-state index is -1.15. The second-order valence-corrected chi connectivity index (χ2v) is 14.8. The lowest BCUT2D eigenvalue weighted by Gasteiger charge is -2.53. The Bertz CT molecular complexity index is 1410. The summed E-state index contributed by atoms with van der Waals surface area (Å²) >= 11 is 0. The normalized spacial score (nSPS) is 24.6. The first-order valence-electron chi connectivity index (χ1n) is 17.3. The van der Waals surface area contributed by atoms with E-state index in [1.54, 1.807) is 5.01 Å². The molecular formula is C37H55N6O5+. The Labute approximate surface area is 285 Å². The molecule has 11 heteroatoms. The minimum Gasteiger partial charge on any atom is -0.343 e. The number of hydrogen-bond acceptors (Lipinski definition) is 6. The number of nitrogens with zero attached hydrogens (tertiary/aromatic N) is 2. The van der Waals surface area contributed by atoms with Crippen LogP contribution in [-0.2, 0) is 27.3 Å². The SMILES string of the molecule is CC[C@H](C)[C@H](NC(=O)[C@@H](NC(C)(C)C)C(C)C)C(=O)NC(=O)[C@@H]1CCC[N+]12C(O)[C@H](Cc1ccccc1)NC(=O)N2Cc1ccccc1. The van der Waals surface area contributed by atoms with Gasteiger partial charge in [-0.05, 0) is 43.7 Å². The van der Waals surface area contributed by atoms with Crippen LogP contribution in [0, 0.1) is 11.8 Å². The molecule has 2 aliphatic heterocycles. The molecule has 262 valence electrons. The van der Waals surface area contributed by atoms with Crippen LogP contribution in [0.3, 0.4) is 0 Å². The van der Waals surface area contributed by atoms with Gasteiger partial charge in [-0.2, -0.15) is 9.60 Å². The predicted molar refractivity (Wildman–Crippen MR) is 185 cm³/mol. The highest BCUT2D eigenvalue weighted by Gasteiger charge is 2.62. The van der Waals surface area contributed by atoms with Gasteiger partial charge >= 0.3 is 6.03 Å². The van der Waals surface area contributed by atoms with Crippen molar-refractivity contribution >= 4 is 23.8 Å². The lowest BCUT2D eigenvalue weighted by atomic mass is 9.95. The Hall–Kier alpha value is -3.80. The van der Waals surface area contributed by atoms with E-state index in [0.717, 1.165) is 11.1 Å². The number of benzene rings is 2. The number of nitrogens with one attached hydrogen (secondary N) is 4. The molecule has 1 spiro atoms. The number of quaternary nitrogens is 1. The van der Waals surface area contributed by atoms with Crippen LogP contribution in [-0.4, -0.2) is 80.9 Å². The average molecular weight is 664 g/mol. The first-order valence-corrected chi connectivity index (χ1v) is 17.3. The largest absolute Gasteiger partial charge is 0.362 e. The van der Waals surface area contributed by atoms with Gasteiger partial charge in [0.05, 0.1) is 12.6 Å². The first kappa shape index (κ1) is 37.0. The van der Waals surface area contributed by atoms with Crippen LogP contribution in [0.4, 0.5) is 4.79 Å². The molecule has 5 N–H and O–H groups in total. The van der Waals surface area contributed by atoms with Crippen molar-refractivity contribution in [3.63, 3.8) is 0 Å². The van der Waals surface area contributed by atoms with Crippen molar-refractivity contribution < 1.29 is 28.9 Å². The van der Waals surface area contributed by atoms with Crippen molar-refractivity contribution in [1.82, 2.24) is 26.3 Å².